The van der Waals surface area contributed by atoms with Gasteiger partial charge in [0.25, 0.3) is 0 Å². The molecule has 180 valence electrons. The van der Waals surface area contributed by atoms with Crippen molar-refractivity contribution in [2.24, 2.45) is 5.92 Å². The van der Waals surface area contributed by atoms with Crippen molar-refractivity contribution in [2.75, 3.05) is 20.1 Å². The van der Waals surface area contributed by atoms with Gasteiger partial charge in [-0.25, -0.2) is 9.37 Å². The Hall–Kier alpha value is -3.13. The lowest BCUT2D eigenvalue weighted by Crippen LogP contribution is -2.49. The highest BCUT2D eigenvalue weighted by Gasteiger charge is 2.37. The van der Waals surface area contributed by atoms with Crippen molar-refractivity contribution >= 4 is 11.6 Å². The zero-order valence-corrected chi connectivity index (χ0v) is 19.7. The largest absolute Gasteiger partial charge is 0.364 e. The second-order valence-electron chi connectivity index (χ2n) is 9.62. The van der Waals surface area contributed by atoms with Crippen molar-refractivity contribution in [3.8, 4) is 11.3 Å². The van der Waals surface area contributed by atoms with E-state index in [0.29, 0.717) is 35.6 Å². The van der Waals surface area contributed by atoms with Crippen LogP contribution in [0.4, 0.5) is 4.39 Å². The molecule has 1 aliphatic heterocycles. The molecule has 0 radical (unpaired) electrons. The fourth-order valence-corrected chi connectivity index (χ4v) is 4.63. The van der Waals surface area contributed by atoms with Gasteiger partial charge in [-0.05, 0) is 32.0 Å². The summed E-state index contributed by atoms with van der Waals surface area (Å²) in [5.74, 6) is 0.660. The quantitative estimate of drug-likeness (QED) is 0.304. The van der Waals surface area contributed by atoms with Gasteiger partial charge >= 0.3 is 0 Å². The highest BCUT2D eigenvalue weighted by atomic mass is 19.1. The second-order valence-corrected chi connectivity index (χ2v) is 9.62. The Morgan fingerprint density at radius 3 is 2.71 bits per heavy atom. The highest BCUT2D eigenvalue weighted by Crippen LogP contribution is 2.35. The van der Waals surface area contributed by atoms with Crippen LogP contribution < -0.4 is 0 Å². The first kappa shape index (κ1) is 24.0. The predicted molar refractivity (Wildman–Crippen MR) is 126 cm³/mol. The summed E-state index contributed by atoms with van der Waals surface area (Å²) in [5.41, 5.74) is 0.928. The minimum absolute atomic E-state index is 0.0265. The van der Waals surface area contributed by atoms with Crippen LogP contribution >= 0.6 is 0 Å². The van der Waals surface area contributed by atoms with Crippen LogP contribution in [0.15, 0.2) is 47.3 Å². The van der Waals surface area contributed by atoms with E-state index in [2.05, 4.69) is 26.9 Å². The van der Waals surface area contributed by atoms with Crippen LogP contribution in [0, 0.1) is 11.7 Å². The Morgan fingerprint density at radius 2 is 2.00 bits per heavy atom. The second kappa shape index (κ2) is 10.4. The summed E-state index contributed by atoms with van der Waals surface area (Å²) in [6, 6.07) is 8.15. The number of aromatic amines is 1. The molecule has 8 heteroatoms. The summed E-state index contributed by atoms with van der Waals surface area (Å²) in [6.07, 6.45) is 7.00. The average Bonchev–Trinajstić information content (AvgIpc) is 3.49. The lowest BCUT2D eigenvalue weighted by molar-refractivity contribution is -0.128. The fraction of sp³-hybridized carbons (Fsp3) is 0.462. The molecule has 7 nitrogen and oxygen atoms in total. The van der Waals surface area contributed by atoms with E-state index in [1.165, 1.54) is 12.3 Å². The Kier molecular flexibility index (Phi) is 7.36. The first-order valence-corrected chi connectivity index (χ1v) is 11.8. The highest BCUT2D eigenvalue weighted by molar-refractivity contribution is 5.93. The summed E-state index contributed by atoms with van der Waals surface area (Å²) < 4.78 is 19.0. The van der Waals surface area contributed by atoms with Gasteiger partial charge in [-0.2, -0.15) is 0 Å². The summed E-state index contributed by atoms with van der Waals surface area (Å²) in [4.78, 5) is 35.1. The molecule has 3 heterocycles. The van der Waals surface area contributed by atoms with E-state index in [4.69, 9.17) is 4.52 Å². The number of likely N-dealkylation sites (tertiary alicyclic amines) is 1. The van der Waals surface area contributed by atoms with Crippen LogP contribution in [0.25, 0.3) is 11.3 Å². The number of unbranched alkanes of at least 4 members (excludes halogenated alkanes) is 2. The zero-order valence-electron chi connectivity index (χ0n) is 19.7. The summed E-state index contributed by atoms with van der Waals surface area (Å²) in [7, 11) is 2.01. The Labute approximate surface area is 198 Å². The zero-order chi connectivity index (χ0) is 24.1. The van der Waals surface area contributed by atoms with E-state index in [-0.39, 0.29) is 23.3 Å². The van der Waals surface area contributed by atoms with Crippen LogP contribution in [0.1, 0.15) is 61.8 Å². The third-order valence-corrected chi connectivity index (χ3v) is 6.75. The molecule has 0 amide bonds. The standard InChI is InChI=1S/C26H31FN4O3/c1-26(14-24(33)18-16-31(2)17-18,12-7-3-4-10-23(32)21-11-13-34-30-21)25-28-15-22(29-25)19-8-5-6-9-20(19)27/h5-6,8-9,11,13,15,18H,3-4,7,10,12,14,16-17H2,1-2H3,(H,28,29). The monoisotopic (exact) mass is 466 g/mol. The maximum absolute atomic E-state index is 14.3. The Morgan fingerprint density at radius 1 is 1.21 bits per heavy atom. The smallest absolute Gasteiger partial charge is 0.184 e. The molecule has 1 N–H and O–H groups in total. The van der Waals surface area contributed by atoms with Crippen LogP contribution in [-0.4, -0.2) is 51.7 Å². The molecule has 4 rings (SSSR count). The molecular weight excluding hydrogens is 435 g/mol. The maximum atomic E-state index is 14.3. The molecule has 3 aromatic rings. The van der Waals surface area contributed by atoms with Gasteiger partial charge in [0, 0.05) is 48.9 Å². The molecule has 1 unspecified atom stereocenters. The molecule has 0 aliphatic carbocycles. The number of imidazole rings is 1. The molecule has 0 spiro atoms. The van der Waals surface area contributed by atoms with E-state index in [0.717, 1.165) is 38.8 Å². The number of ketones is 2. The predicted octanol–water partition coefficient (Wildman–Crippen LogP) is 4.82. The van der Waals surface area contributed by atoms with Crippen LogP contribution in [0.2, 0.25) is 0 Å². The average molecular weight is 467 g/mol. The summed E-state index contributed by atoms with van der Waals surface area (Å²) in [5, 5.41) is 3.69. The number of nitrogens with zero attached hydrogens (tertiary/aromatic N) is 3. The van der Waals surface area contributed by atoms with Gasteiger partial charge in [0.05, 0.1) is 11.9 Å². The molecule has 2 aromatic heterocycles. The lowest BCUT2D eigenvalue weighted by Gasteiger charge is -2.37. The molecule has 34 heavy (non-hydrogen) atoms. The van der Waals surface area contributed by atoms with E-state index >= 15 is 0 Å². The van der Waals surface area contributed by atoms with Crippen molar-refractivity contribution < 1.29 is 18.5 Å². The number of halogens is 1. The van der Waals surface area contributed by atoms with Crippen LogP contribution in [0.3, 0.4) is 0 Å². The number of hydrogen-bond donors (Lipinski definition) is 1. The lowest BCUT2D eigenvalue weighted by atomic mass is 9.76. The van der Waals surface area contributed by atoms with Crippen LogP contribution in [-0.2, 0) is 10.2 Å². The number of Topliss-reactive ketones (excluding diaryl/α,β-unsaturated/α-hetero) is 2. The van der Waals surface area contributed by atoms with Crippen molar-refractivity contribution in [2.45, 2.75) is 50.9 Å². The van der Waals surface area contributed by atoms with E-state index in [9.17, 15) is 14.0 Å². The van der Waals surface area contributed by atoms with Crippen molar-refractivity contribution in [3.63, 3.8) is 0 Å². The van der Waals surface area contributed by atoms with Crippen molar-refractivity contribution in [1.82, 2.24) is 20.0 Å². The van der Waals surface area contributed by atoms with Crippen molar-refractivity contribution in [3.05, 3.63) is 60.1 Å². The fourth-order valence-electron chi connectivity index (χ4n) is 4.63. The third-order valence-electron chi connectivity index (χ3n) is 6.75. The molecule has 1 aromatic carbocycles. The van der Waals surface area contributed by atoms with Gasteiger partial charge in [-0.1, -0.05) is 37.1 Å². The van der Waals surface area contributed by atoms with Gasteiger partial charge in [-0.15, -0.1) is 0 Å². The molecule has 0 bridgehead atoms. The van der Waals surface area contributed by atoms with Crippen molar-refractivity contribution in [1.29, 1.82) is 0 Å². The number of nitrogens with one attached hydrogen (secondary N) is 1. The number of carbonyl (C=O) groups excluding carboxylic acids is 2. The summed E-state index contributed by atoms with van der Waals surface area (Å²) >= 11 is 0. The van der Waals surface area contributed by atoms with Crippen LogP contribution in [0.5, 0.6) is 0 Å². The molecule has 1 saturated heterocycles. The third kappa shape index (κ3) is 5.50. The molecule has 0 saturated carbocycles. The first-order valence-electron chi connectivity index (χ1n) is 11.8. The first-order chi connectivity index (χ1) is 16.4. The number of rotatable bonds is 12. The van der Waals surface area contributed by atoms with Gasteiger partial charge in [0.15, 0.2) is 5.78 Å². The molecule has 1 atom stereocenters. The van der Waals surface area contributed by atoms with Gasteiger partial charge < -0.3 is 14.4 Å². The normalized spacial score (nSPS) is 16.2. The van der Waals surface area contributed by atoms with E-state index in [1.54, 1.807) is 30.5 Å². The minimum atomic E-state index is -0.495. The number of H-pyrrole nitrogens is 1. The van der Waals surface area contributed by atoms with E-state index < -0.39 is 5.41 Å². The molecule has 1 aliphatic rings. The SMILES string of the molecule is CN1CC(C(=O)CC(C)(CCCCCC(=O)c2ccon2)c2ncc(-c3ccccc3F)[nH]2)C1. The maximum Gasteiger partial charge on any atom is 0.184 e. The minimum Gasteiger partial charge on any atom is -0.364 e. The summed E-state index contributed by atoms with van der Waals surface area (Å²) in [6.45, 7) is 3.63. The molecular formula is C26H31FN4O3. The number of aromatic nitrogens is 3. The topological polar surface area (TPSA) is 92.1 Å². The molecule has 1 fully saturated rings. The Balaban J connectivity index is 1.42. The number of benzene rings is 1. The Bertz CT molecular complexity index is 1120. The number of hydrogen-bond acceptors (Lipinski definition) is 6. The van der Waals surface area contributed by atoms with Gasteiger partial charge in [-0.3, -0.25) is 9.59 Å². The van der Waals surface area contributed by atoms with Gasteiger partial charge in [0.2, 0.25) is 0 Å². The van der Waals surface area contributed by atoms with Gasteiger partial charge in [0.1, 0.15) is 29.4 Å². The van der Waals surface area contributed by atoms with E-state index in [1.807, 2.05) is 7.05 Å². The number of carbonyl (C=O) groups is 2.